The third kappa shape index (κ3) is 2.39. The molecule has 0 aliphatic heterocycles. The molecule has 0 unspecified atom stereocenters. The third-order valence-corrected chi connectivity index (χ3v) is 1.42. The fourth-order valence-electron chi connectivity index (χ4n) is 0.629. The molecule has 0 saturated carbocycles. The van der Waals surface area contributed by atoms with Crippen molar-refractivity contribution >= 4 is 23.4 Å². The van der Waals surface area contributed by atoms with E-state index in [2.05, 4.69) is 15.6 Å². The second-order valence-corrected chi connectivity index (χ2v) is 2.50. The van der Waals surface area contributed by atoms with E-state index < -0.39 is 0 Å². The van der Waals surface area contributed by atoms with Gasteiger partial charge in [-0.2, -0.15) is 0 Å². The maximum absolute atomic E-state index is 10.8. The van der Waals surface area contributed by atoms with Gasteiger partial charge in [0.05, 0.1) is 5.02 Å². The molecule has 1 heterocycles. The third-order valence-electron chi connectivity index (χ3n) is 1.20. The Morgan fingerprint density at radius 3 is 2.83 bits per heavy atom. The van der Waals surface area contributed by atoms with Crippen LogP contribution in [0, 0.1) is 0 Å². The summed E-state index contributed by atoms with van der Waals surface area (Å²) in [6, 6.07) is 2.97. The first-order valence-corrected chi connectivity index (χ1v) is 3.70. The van der Waals surface area contributed by atoms with Gasteiger partial charge in [-0.1, -0.05) is 11.6 Å². The van der Waals surface area contributed by atoms with Crippen LogP contribution in [0.2, 0.25) is 5.02 Å². The van der Waals surface area contributed by atoms with Crippen molar-refractivity contribution in [2.75, 3.05) is 12.4 Å². The lowest BCUT2D eigenvalue weighted by atomic mass is 10.4. The van der Waals surface area contributed by atoms with Crippen molar-refractivity contribution in [1.29, 1.82) is 0 Å². The highest BCUT2D eigenvalue weighted by Crippen LogP contribution is 2.08. The van der Waals surface area contributed by atoms with Crippen LogP contribution in [0.5, 0.6) is 0 Å². The maximum Gasteiger partial charge on any atom is 0.320 e. The summed E-state index contributed by atoms with van der Waals surface area (Å²) >= 11 is 5.59. The molecule has 0 atom stereocenters. The van der Waals surface area contributed by atoms with Crippen LogP contribution in [-0.4, -0.2) is 18.1 Å². The Kier molecular flexibility index (Phi) is 2.88. The van der Waals surface area contributed by atoms with Crippen molar-refractivity contribution < 1.29 is 4.79 Å². The number of aromatic nitrogens is 1. The number of halogens is 1. The van der Waals surface area contributed by atoms with Gasteiger partial charge >= 0.3 is 6.03 Å². The zero-order valence-electron chi connectivity index (χ0n) is 6.47. The molecule has 0 saturated heterocycles. The van der Waals surface area contributed by atoms with Gasteiger partial charge in [0, 0.05) is 13.2 Å². The largest absolute Gasteiger partial charge is 0.341 e. The van der Waals surface area contributed by atoms with E-state index in [4.69, 9.17) is 11.6 Å². The summed E-state index contributed by atoms with van der Waals surface area (Å²) in [7, 11) is 1.53. The first-order chi connectivity index (χ1) is 5.72. The minimum Gasteiger partial charge on any atom is -0.341 e. The molecule has 0 radical (unpaired) electrons. The Morgan fingerprint density at radius 1 is 1.58 bits per heavy atom. The molecule has 2 amide bonds. The summed E-state index contributed by atoms with van der Waals surface area (Å²) in [4.78, 5) is 14.6. The van der Waals surface area contributed by atoms with Crippen LogP contribution in [0.1, 0.15) is 0 Å². The highest BCUT2D eigenvalue weighted by Gasteiger charge is 1.97. The summed E-state index contributed by atoms with van der Waals surface area (Å²) < 4.78 is 0. The summed E-state index contributed by atoms with van der Waals surface area (Å²) in [5.74, 6) is 0.471. The van der Waals surface area contributed by atoms with Crippen molar-refractivity contribution in [2.45, 2.75) is 0 Å². The maximum atomic E-state index is 10.8. The monoisotopic (exact) mass is 185 g/mol. The predicted octanol–water partition coefficient (Wildman–Crippen LogP) is 1.49. The van der Waals surface area contributed by atoms with Gasteiger partial charge in [-0.15, -0.1) is 0 Å². The van der Waals surface area contributed by atoms with Gasteiger partial charge in [-0.3, -0.25) is 5.32 Å². The molecular weight excluding hydrogens is 178 g/mol. The first kappa shape index (κ1) is 8.80. The second kappa shape index (κ2) is 3.92. The number of urea groups is 1. The van der Waals surface area contributed by atoms with Gasteiger partial charge < -0.3 is 5.32 Å². The fraction of sp³-hybridized carbons (Fsp3) is 0.143. The molecule has 1 aromatic heterocycles. The molecule has 5 heteroatoms. The second-order valence-electron chi connectivity index (χ2n) is 2.07. The molecule has 4 nitrogen and oxygen atoms in total. The number of pyridine rings is 1. The Hall–Kier alpha value is -1.29. The van der Waals surface area contributed by atoms with Crippen LogP contribution in [0.25, 0.3) is 0 Å². The predicted molar refractivity (Wildman–Crippen MR) is 47.3 cm³/mol. The van der Waals surface area contributed by atoms with Crippen molar-refractivity contribution in [3.63, 3.8) is 0 Å². The summed E-state index contributed by atoms with van der Waals surface area (Å²) in [5.41, 5.74) is 0. The normalized spacial score (nSPS) is 9.17. The van der Waals surface area contributed by atoms with E-state index in [9.17, 15) is 4.79 Å². The van der Waals surface area contributed by atoms with Crippen molar-refractivity contribution in [3.05, 3.63) is 23.4 Å². The summed E-state index contributed by atoms with van der Waals surface area (Å²) in [6.45, 7) is 0. The van der Waals surface area contributed by atoms with Gasteiger partial charge in [0.15, 0.2) is 0 Å². The minimum atomic E-state index is -0.301. The van der Waals surface area contributed by atoms with E-state index in [0.29, 0.717) is 10.8 Å². The number of hydrogen-bond donors (Lipinski definition) is 2. The van der Waals surface area contributed by atoms with Gasteiger partial charge in [0.25, 0.3) is 0 Å². The van der Waals surface area contributed by atoms with Crippen molar-refractivity contribution in [2.24, 2.45) is 0 Å². The lowest BCUT2D eigenvalue weighted by molar-refractivity contribution is 0.254. The van der Waals surface area contributed by atoms with Crippen molar-refractivity contribution in [1.82, 2.24) is 10.3 Å². The van der Waals surface area contributed by atoms with Crippen LogP contribution >= 0.6 is 11.6 Å². The first-order valence-electron chi connectivity index (χ1n) is 3.32. The number of amides is 2. The van der Waals surface area contributed by atoms with E-state index in [0.717, 1.165) is 0 Å². The molecule has 0 aliphatic rings. The summed E-state index contributed by atoms with van der Waals surface area (Å²) in [5, 5.41) is 5.44. The standard InChI is InChI=1S/C7H8ClN3O/c1-9-7(12)11-6-3-2-5(8)4-10-6/h2-4H,1H3,(H2,9,10,11,12). The average Bonchev–Trinajstić information content (AvgIpc) is 2.09. The number of carbonyl (C=O) groups excluding carboxylic acids is 1. The number of nitrogens with one attached hydrogen (secondary N) is 2. The number of hydrogen-bond acceptors (Lipinski definition) is 2. The highest BCUT2D eigenvalue weighted by atomic mass is 35.5. The molecule has 0 aromatic carbocycles. The lowest BCUT2D eigenvalue weighted by Gasteiger charge is -2.01. The molecular formula is C7H8ClN3O. The molecule has 0 aliphatic carbocycles. The Morgan fingerprint density at radius 2 is 2.33 bits per heavy atom. The Balaban J connectivity index is 2.64. The van der Waals surface area contributed by atoms with Crippen LogP contribution in [0.3, 0.4) is 0 Å². The van der Waals surface area contributed by atoms with Gasteiger partial charge in [0.1, 0.15) is 5.82 Å². The molecule has 0 bridgehead atoms. The SMILES string of the molecule is CNC(=O)Nc1ccc(Cl)cn1. The fourth-order valence-corrected chi connectivity index (χ4v) is 0.740. The van der Waals surface area contributed by atoms with Crippen LogP contribution in [0.15, 0.2) is 18.3 Å². The van der Waals surface area contributed by atoms with Crippen molar-refractivity contribution in [3.8, 4) is 0 Å². The van der Waals surface area contributed by atoms with Gasteiger partial charge in [0.2, 0.25) is 0 Å². The number of nitrogens with zero attached hydrogens (tertiary/aromatic N) is 1. The summed E-state index contributed by atoms with van der Waals surface area (Å²) in [6.07, 6.45) is 1.47. The topological polar surface area (TPSA) is 54.0 Å². The van der Waals surface area contributed by atoms with Gasteiger partial charge in [-0.05, 0) is 12.1 Å². The van der Waals surface area contributed by atoms with Crippen LogP contribution < -0.4 is 10.6 Å². The zero-order valence-corrected chi connectivity index (χ0v) is 7.22. The smallest absolute Gasteiger partial charge is 0.320 e. The van der Waals surface area contributed by atoms with E-state index in [1.54, 1.807) is 12.1 Å². The van der Waals surface area contributed by atoms with Crippen LogP contribution in [0.4, 0.5) is 10.6 Å². The minimum absolute atomic E-state index is 0.301. The molecule has 1 rings (SSSR count). The van der Waals surface area contributed by atoms with Gasteiger partial charge in [-0.25, -0.2) is 9.78 Å². The highest BCUT2D eigenvalue weighted by molar-refractivity contribution is 6.30. The van der Waals surface area contributed by atoms with E-state index in [1.165, 1.54) is 13.2 Å². The zero-order chi connectivity index (χ0) is 8.97. The average molecular weight is 186 g/mol. The molecule has 1 aromatic rings. The Bertz CT molecular complexity index is 272. The van der Waals surface area contributed by atoms with E-state index in [-0.39, 0.29) is 6.03 Å². The van der Waals surface area contributed by atoms with Crippen LogP contribution in [-0.2, 0) is 0 Å². The van der Waals surface area contributed by atoms with E-state index in [1.807, 2.05) is 0 Å². The quantitative estimate of drug-likeness (QED) is 0.697. The van der Waals surface area contributed by atoms with E-state index >= 15 is 0 Å². The lowest BCUT2D eigenvalue weighted by Crippen LogP contribution is -2.24. The molecule has 0 spiro atoms. The molecule has 0 fully saturated rings. The number of carbonyl (C=O) groups is 1. The number of rotatable bonds is 1. The number of anilines is 1. The molecule has 2 N–H and O–H groups in total. The Labute approximate surface area is 74.9 Å². The molecule has 64 valence electrons. The molecule has 12 heavy (non-hydrogen) atoms.